The fourth-order valence-corrected chi connectivity index (χ4v) is 0.796. The van der Waals surface area contributed by atoms with Gasteiger partial charge in [-0.2, -0.15) is 4.21 Å². The quantitative estimate of drug-likeness (QED) is 0.613. The summed E-state index contributed by atoms with van der Waals surface area (Å²) in [5.74, 6) is 0.486. The molecule has 0 spiro atoms. The van der Waals surface area contributed by atoms with E-state index in [2.05, 4.69) is 9.35 Å². The molecule has 0 saturated carbocycles. The van der Waals surface area contributed by atoms with Gasteiger partial charge in [0.25, 0.3) is 0 Å². The van der Waals surface area contributed by atoms with E-state index in [1.165, 1.54) is 0 Å². The Bertz CT molecular complexity index is 281. The Morgan fingerprint density at radius 3 is 3.00 bits per heavy atom. The summed E-state index contributed by atoms with van der Waals surface area (Å²) in [6.45, 7) is 1.86. The molecule has 3 nitrogen and oxygen atoms in total. The molecule has 10 heavy (non-hydrogen) atoms. The van der Waals surface area contributed by atoms with Crippen LogP contribution in [0.3, 0.4) is 0 Å². The van der Waals surface area contributed by atoms with Gasteiger partial charge in [0.2, 0.25) is 11.5 Å². The highest BCUT2D eigenvalue weighted by Crippen LogP contribution is 2.05. The van der Waals surface area contributed by atoms with Gasteiger partial charge in [-0.15, -0.1) is 4.36 Å². The number of hydrogen-bond donors (Lipinski definition) is 0. The van der Waals surface area contributed by atoms with Gasteiger partial charge in [-0.3, -0.25) is 0 Å². The molecule has 1 heterocycles. The molecule has 0 radical (unpaired) electrons. The number of nitrogens with zero attached hydrogens (tertiary/aromatic N) is 2. The van der Waals surface area contributed by atoms with Crippen LogP contribution in [0.1, 0.15) is 5.69 Å². The Morgan fingerprint density at radius 1 is 1.60 bits per heavy atom. The van der Waals surface area contributed by atoms with E-state index in [9.17, 15) is 4.21 Å². The monoisotopic (exact) mass is 154 g/mol. The van der Waals surface area contributed by atoms with Crippen LogP contribution in [0.2, 0.25) is 0 Å². The summed E-state index contributed by atoms with van der Waals surface area (Å²) < 4.78 is 13.4. The van der Waals surface area contributed by atoms with E-state index in [1.54, 1.807) is 6.07 Å². The van der Waals surface area contributed by atoms with Crippen molar-refractivity contribution in [1.29, 1.82) is 0 Å². The Kier molecular flexibility index (Phi) is 2.28. The average molecular weight is 154 g/mol. The third kappa shape index (κ3) is 1.73. The van der Waals surface area contributed by atoms with E-state index >= 15 is 0 Å². The summed E-state index contributed by atoms with van der Waals surface area (Å²) in [6, 6.07) is 5.36. The van der Waals surface area contributed by atoms with E-state index in [0.717, 1.165) is 5.69 Å². The maximum Gasteiger partial charge on any atom is 0.206 e. The predicted octanol–water partition coefficient (Wildman–Crippen LogP) is 1.42. The molecule has 0 atom stereocenters. The van der Waals surface area contributed by atoms with Crippen LogP contribution in [0.25, 0.3) is 0 Å². The van der Waals surface area contributed by atoms with Crippen LogP contribution in [0, 0.1) is 6.92 Å². The molecule has 0 bridgehead atoms. The van der Waals surface area contributed by atoms with Gasteiger partial charge < -0.3 is 0 Å². The minimum Gasteiger partial charge on any atom is -0.233 e. The second kappa shape index (κ2) is 3.22. The molecule has 0 saturated heterocycles. The zero-order valence-corrected chi connectivity index (χ0v) is 6.26. The van der Waals surface area contributed by atoms with Crippen molar-refractivity contribution in [3.63, 3.8) is 0 Å². The van der Waals surface area contributed by atoms with Crippen molar-refractivity contribution >= 4 is 17.3 Å². The van der Waals surface area contributed by atoms with E-state index in [0.29, 0.717) is 5.82 Å². The highest BCUT2D eigenvalue weighted by molar-refractivity contribution is 7.54. The minimum absolute atomic E-state index is 0.176. The Morgan fingerprint density at radius 2 is 2.40 bits per heavy atom. The van der Waals surface area contributed by atoms with E-state index in [-0.39, 0.29) is 11.5 Å². The largest absolute Gasteiger partial charge is 0.233 e. The Hall–Kier alpha value is -1.03. The van der Waals surface area contributed by atoms with E-state index < -0.39 is 0 Å². The second-order valence-electron chi connectivity index (χ2n) is 1.80. The molecule has 52 valence electrons. The van der Waals surface area contributed by atoms with E-state index in [4.69, 9.17) is 0 Å². The van der Waals surface area contributed by atoms with Gasteiger partial charge >= 0.3 is 0 Å². The summed E-state index contributed by atoms with van der Waals surface area (Å²) in [7, 11) is 0. The SMILES string of the molecule is Cc1cccc(N=S=O)n1. The highest BCUT2D eigenvalue weighted by atomic mass is 32.1. The van der Waals surface area contributed by atoms with E-state index in [1.807, 2.05) is 19.1 Å². The number of pyridine rings is 1. The Labute approximate surface area is 62.4 Å². The highest BCUT2D eigenvalue weighted by Gasteiger charge is 1.88. The summed E-state index contributed by atoms with van der Waals surface area (Å²) in [5.41, 5.74) is 0.871. The van der Waals surface area contributed by atoms with Crippen molar-refractivity contribution in [2.75, 3.05) is 0 Å². The maximum absolute atomic E-state index is 9.92. The third-order valence-corrected chi connectivity index (χ3v) is 1.27. The molecule has 0 aromatic carbocycles. The van der Waals surface area contributed by atoms with Crippen LogP contribution in [0.15, 0.2) is 22.6 Å². The number of rotatable bonds is 1. The van der Waals surface area contributed by atoms with Crippen LogP contribution in [0.5, 0.6) is 0 Å². The van der Waals surface area contributed by atoms with Gasteiger partial charge in [0.1, 0.15) is 0 Å². The van der Waals surface area contributed by atoms with Gasteiger partial charge in [0.05, 0.1) is 0 Å². The molecular weight excluding hydrogens is 148 g/mol. The van der Waals surface area contributed by atoms with Crippen LogP contribution in [0.4, 0.5) is 5.82 Å². The first kappa shape index (κ1) is 7.08. The summed E-state index contributed by atoms with van der Waals surface area (Å²) in [4.78, 5) is 3.98. The van der Waals surface area contributed by atoms with Gasteiger partial charge in [0, 0.05) is 5.69 Å². The first-order chi connectivity index (χ1) is 4.83. The van der Waals surface area contributed by atoms with Crippen LogP contribution >= 0.6 is 0 Å². The lowest BCUT2D eigenvalue weighted by Gasteiger charge is -1.89. The molecule has 0 aliphatic heterocycles. The van der Waals surface area contributed by atoms with Crippen molar-refractivity contribution in [1.82, 2.24) is 4.98 Å². The lowest BCUT2D eigenvalue weighted by Crippen LogP contribution is -1.76. The topological polar surface area (TPSA) is 42.3 Å². The molecule has 1 aromatic heterocycles. The fraction of sp³-hybridized carbons (Fsp3) is 0.167. The second-order valence-corrected chi connectivity index (χ2v) is 2.13. The molecule has 1 rings (SSSR count). The molecule has 0 aliphatic carbocycles. The molecule has 1 aromatic rings. The molecule has 4 heteroatoms. The summed E-state index contributed by atoms with van der Waals surface area (Å²) in [5, 5.41) is 0. The number of aryl methyl sites for hydroxylation is 1. The first-order valence-corrected chi connectivity index (χ1v) is 3.46. The molecule has 0 aliphatic rings. The van der Waals surface area contributed by atoms with Crippen molar-refractivity contribution in [2.45, 2.75) is 6.92 Å². The minimum atomic E-state index is 0.176. The van der Waals surface area contributed by atoms with Gasteiger partial charge in [-0.1, -0.05) is 6.07 Å². The van der Waals surface area contributed by atoms with Crippen molar-refractivity contribution in [2.24, 2.45) is 4.36 Å². The predicted molar refractivity (Wildman–Crippen MR) is 39.2 cm³/mol. The molecular formula is C6H6N2OS. The van der Waals surface area contributed by atoms with Crippen molar-refractivity contribution in [3.8, 4) is 0 Å². The molecule has 0 N–H and O–H groups in total. The smallest absolute Gasteiger partial charge is 0.206 e. The fourth-order valence-electron chi connectivity index (χ4n) is 0.618. The maximum atomic E-state index is 9.92. The first-order valence-electron chi connectivity index (χ1n) is 2.76. The third-order valence-electron chi connectivity index (χ3n) is 1.00. The van der Waals surface area contributed by atoms with Crippen molar-refractivity contribution in [3.05, 3.63) is 23.9 Å². The zero-order valence-electron chi connectivity index (χ0n) is 5.44. The molecule has 0 amide bonds. The van der Waals surface area contributed by atoms with Gasteiger partial charge in [-0.25, -0.2) is 4.98 Å². The van der Waals surface area contributed by atoms with Crippen LogP contribution in [-0.4, -0.2) is 9.19 Å². The standard InChI is InChI=1S/C6H6N2OS/c1-5-3-2-4-6(7-5)8-10-9/h2-4H,1H3. The van der Waals surface area contributed by atoms with Crippen LogP contribution < -0.4 is 0 Å². The number of aromatic nitrogens is 1. The normalized spacial score (nSPS) is 8.90. The van der Waals surface area contributed by atoms with Crippen LogP contribution in [-0.2, 0) is 11.5 Å². The summed E-state index contributed by atoms with van der Waals surface area (Å²) in [6.07, 6.45) is 0. The summed E-state index contributed by atoms with van der Waals surface area (Å²) >= 11 is 0.176. The van der Waals surface area contributed by atoms with Crippen molar-refractivity contribution < 1.29 is 4.21 Å². The molecule has 0 fully saturated rings. The van der Waals surface area contributed by atoms with Gasteiger partial charge in [-0.05, 0) is 19.1 Å². The lowest BCUT2D eigenvalue weighted by molar-refractivity contribution is 0.698. The number of hydrogen-bond acceptors (Lipinski definition) is 3. The van der Waals surface area contributed by atoms with Gasteiger partial charge in [0.15, 0.2) is 5.82 Å². The average Bonchev–Trinajstić information content (AvgIpc) is 1.88. The zero-order chi connectivity index (χ0) is 7.40. The molecule has 0 unspecified atom stereocenters. The lowest BCUT2D eigenvalue weighted by atomic mass is 10.4. The Balaban J connectivity index is 3.06.